The summed E-state index contributed by atoms with van der Waals surface area (Å²) in [6.07, 6.45) is -1.07. The number of hydrogen-bond donors (Lipinski definition) is 1. The van der Waals surface area contributed by atoms with Gasteiger partial charge >= 0.3 is 5.97 Å². The molecule has 4 aliphatic rings. The summed E-state index contributed by atoms with van der Waals surface area (Å²) >= 11 is 0. The molecule has 0 radical (unpaired) electrons. The monoisotopic (exact) mass is 336 g/mol. The lowest BCUT2D eigenvalue weighted by atomic mass is 9.50. The molecule has 1 spiro atoms. The molecule has 7 nitrogen and oxygen atoms in total. The number of esters is 1. The Hall–Kier alpha value is -1.57. The van der Waals surface area contributed by atoms with Gasteiger partial charge in [-0.25, -0.2) is 0 Å². The van der Waals surface area contributed by atoms with E-state index in [0.29, 0.717) is 12.2 Å². The third-order valence-electron chi connectivity index (χ3n) is 6.49. The molecule has 2 bridgehead atoms. The van der Waals surface area contributed by atoms with Crippen molar-refractivity contribution in [3.05, 3.63) is 11.6 Å². The van der Waals surface area contributed by atoms with Gasteiger partial charge in [0.05, 0.1) is 18.1 Å². The molecule has 2 saturated heterocycles. The van der Waals surface area contributed by atoms with E-state index in [2.05, 4.69) is 0 Å². The second-order valence-electron chi connectivity index (χ2n) is 7.53. The van der Waals surface area contributed by atoms with Crippen molar-refractivity contribution >= 4 is 17.5 Å². The molecule has 1 saturated carbocycles. The van der Waals surface area contributed by atoms with E-state index in [-0.39, 0.29) is 18.8 Å². The molecule has 3 fully saturated rings. The van der Waals surface area contributed by atoms with Crippen molar-refractivity contribution in [1.29, 1.82) is 0 Å². The van der Waals surface area contributed by atoms with Gasteiger partial charge in [-0.1, -0.05) is 6.92 Å². The maximum absolute atomic E-state index is 12.5. The first-order chi connectivity index (χ1) is 11.2. The number of carbonyl (C=O) groups is 3. The largest absolute Gasteiger partial charge is 0.465 e. The number of rotatable bonds is 2. The van der Waals surface area contributed by atoms with Gasteiger partial charge in [-0.05, 0) is 18.6 Å². The minimum absolute atomic E-state index is 0.0997. The summed E-state index contributed by atoms with van der Waals surface area (Å²) in [5, 5.41) is 10.9. The smallest absolute Gasteiger partial charge is 0.302 e. The number of ether oxygens (including phenoxy) is 3. The summed E-state index contributed by atoms with van der Waals surface area (Å²) in [5.41, 5.74) is -2.56. The topological polar surface area (TPSA) is 102 Å². The van der Waals surface area contributed by atoms with Crippen LogP contribution in [0, 0.1) is 10.8 Å². The molecule has 7 heteroatoms. The predicted octanol–water partition coefficient (Wildman–Crippen LogP) is -0.0587. The lowest BCUT2D eigenvalue weighted by Crippen LogP contribution is -2.70. The number of hydrogen-bond acceptors (Lipinski definition) is 7. The third-order valence-corrected chi connectivity index (χ3v) is 6.49. The molecule has 0 amide bonds. The number of aliphatic hydroxyl groups excluding tert-OH is 1. The van der Waals surface area contributed by atoms with E-state index in [1.165, 1.54) is 6.92 Å². The number of ketones is 2. The first-order valence-electron chi connectivity index (χ1n) is 8.06. The van der Waals surface area contributed by atoms with Gasteiger partial charge in [-0.15, -0.1) is 0 Å². The van der Waals surface area contributed by atoms with E-state index in [4.69, 9.17) is 14.2 Å². The Kier molecular flexibility index (Phi) is 3.01. The molecular weight excluding hydrogens is 316 g/mol. The molecule has 2 aliphatic carbocycles. The molecule has 0 aromatic carbocycles. The summed E-state index contributed by atoms with van der Waals surface area (Å²) in [7, 11) is 0. The van der Waals surface area contributed by atoms with Crippen LogP contribution >= 0.6 is 0 Å². The summed E-state index contributed by atoms with van der Waals surface area (Å²) in [6, 6.07) is 0. The lowest BCUT2D eigenvalue weighted by molar-refractivity contribution is -0.243. The molecule has 0 aromatic heterocycles. The standard InChI is InChI=1S/C17H20O7/c1-8-4-11-16(6-22-9(2)18,13(21)12(8)20)15(3)5-10(19)14(24-11)17(15)7-23-17/h4,11,13-14,21H,5-7H2,1-3H3/t11-,13-,14-,15-,16-,17+/m1/s1. The van der Waals surface area contributed by atoms with Gasteiger partial charge in [-0.3, -0.25) is 14.4 Å². The van der Waals surface area contributed by atoms with Crippen LogP contribution in [0.3, 0.4) is 0 Å². The van der Waals surface area contributed by atoms with Crippen LogP contribution in [0.2, 0.25) is 0 Å². The van der Waals surface area contributed by atoms with E-state index < -0.39 is 46.5 Å². The molecule has 4 rings (SSSR count). The summed E-state index contributed by atoms with van der Waals surface area (Å²) in [5.74, 6) is -1.05. The molecule has 0 unspecified atom stereocenters. The predicted molar refractivity (Wildman–Crippen MR) is 78.9 cm³/mol. The third kappa shape index (κ3) is 1.55. The Bertz CT molecular complexity index is 691. The Labute approximate surface area is 138 Å². The molecule has 6 atom stereocenters. The van der Waals surface area contributed by atoms with Gasteiger partial charge in [0.2, 0.25) is 0 Å². The van der Waals surface area contributed by atoms with Crippen LogP contribution < -0.4 is 0 Å². The number of epoxide rings is 1. The van der Waals surface area contributed by atoms with Crippen molar-refractivity contribution < 1.29 is 33.7 Å². The zero-order chi connectivity index (χ0) is 17.5. The van der Waals surface area contributed by atoms with Crippen LogP contribution in [0.5, 0.6) is 0 Å². The van der Waals surface area contributed by atoms with Gasteiger partial charge < -0.3 is 19.3 Å². The quantitative estimate of drug-likeness (QED) is 0.557. The van der Waals surface area contributed by atoms with E-state index in [0.717, 1.165) is 0 Å². The Morgan fingerprint density at radius 1 is 1.46 bits per heavy atom. The van der Waals surface area contributed by atoms with Crippen molar-refractivity contribution in [2.45, 2.75) is 51.1 Å². The van der Waals surface area contributed by atoms with Crippen LogP contribution in [0.4, 0.5) is 0 Å². The van der Waals surface area contributed by atoms with Crippen molar-refractivity contribution in [3.63, 3.8) is 0 Å². The zero-order valence-electron chi connectivity index (χ0n) is 13.8. The first kappa shape index (κ1) is 15.9. The number of carbonyl (C=O) groups excluding carboxylic acids is 3. The fourth-order valence-electron chi connectivity index (χ4n) is 4.96. The van der Waals surface area contributed by atoms with Crippen LogP contribution in [0.15, 0.2) is 11.6 Å². The minimum Gasteiger partial charge on any atom is -0.465 e. The summed E-state index contributed by atoms with van der Waals surface area (Å²) in [6.45, 7) is 4.84. The van der Waals surface area contributed by atoms with Crippen LogP contribution in [-0.4, -0.2) is 59.8 Å². The first-order valence-corrected chi connectivity index (χ1v) is 8.06. The number of aliphatic hydroxyl groups is 1. The molecule has 0 aromatic rings. The number of Topliss-reactive ketones (excluding diaryl/α,β-unsaturated/α-hetero) is 2. The van der Waals surface area contributed by atoms with Crippen molar-refractivity contribution in [2.24, 2.45) is 10.8 Å². The van der Waals surface area contributed by atoms with E-state index in [1.54, 1.807) is 13.0 Å². The highest BCUT2D eigenvalue weighted by Crippen LogP contribution is 2.70. The van der Waals surface area contributed by atoms with Crippen molar-refractivity contribution in [1.82, 2.24) is 0 Å². The molecular formula is C17H20O7. The SMILES string of the molecule is CC(=O)OC[C@]12[C@H](O)C(=O)C(C)=C[C@H]1O[C@@H]1C(=O)C[C@@]2(C)[C@]12CO2. The highest BCUT2D eigenvalue weighted by Gasteiger charge is 2.83. The average molecular weight is 336 g/mol. The van der Waals surface area contributed by atoms with Crippen molar-refractivity contribution in [3.8, 4) is 0 Å². The van der Waals surface area contributed by atoms with Crippen molar-refractivity contribution in [2.75, 3.05) is 13.2 Å². The Morgan fingerprint density at radius 3 is 2.71 bits per heavy atom. The fourth-order valence-corrected chi connectivity index (χ4v) is 4.96. The minimum atomic E-state index is -1.43. The lowest BCUT2D eigenvalue weighted by Gasteiger charge is -2.58. The highest BCUT2D eigenvalue weighted by molar-refractivity contribution is 6.01. The molecule has 130 valence electrons. The Balaban J connectivity index is 1.91. The van der Waals surface area contributed by atoms with Gasteiger partial charge in [0.25, 0.3) is 0 Å². The highest BCUT2D eigenvalue weighted by atomic mass is 16.6. The normalized spacial score (nSPS) is 49.0. The zero-order valence-corrected chi connectivity index (χ0v) is 13.8. The van der Waals surface area contributed by atoms with Gasteiger partial charge in [0, 0.05) is 18.8 Å². The van der Waals surface area contributed by atoms with Crippen LogP contribution in [0.25, 0.3) is 0 Å². The Morgan fingerprint density at radius 2 is 2.12 bits per heavy atom. The second-order valence-corrected chi connectivity index (χ2v) is 7.53. The maximum Gasteiger partial charge on any atom is 0.302 e. The second kappa shape index (κ2) is 4.53. The average Bonchev–Trinajstić information content (AvgIpc) is 3.27. The summed E-state index contributed by atoms with van der Waals surface area (Å²) < 4.78 is 16.9. The van der Waals surface area contributed by atoms with E-state index in [1.807, 2.05) is 6.92 Å². The van der Waals surface area contributed by atoms with Crippen LogP contribution in [-0.2, 0) is 28.6 Å². The fraction of sp³-hybridized carbons (Fsp3) is 0.706. The van der Waals surface area contributed by atoms with Crippen LogP contribution in [0.1, 0.15) is 27.2 Å². The van der Waals surface area contributed by atoms with E-state index in [9.17, 15) is 19.5 Å². The molecule has 24 heavy (non-hydrogen) atoms. The van der Waals surface area contributed by atoms with Gasteiger partial charge in [0.1, 0.15) is 24.4 Å². The van der Waals surface area contributed by atoms with Gasteiger partial charge in [-0.2, -0.15) is 0 Å². The summed E-state index contributed by atoms with van der Waals surface area (Å²) in [4.78, 5) is 36.4. The number of fused-ring (bicyclic) bond motifs is 2. The molecule has 2 heterocycles. The molecule has 2 aliphatic heterocycles. The maximum atomic E-state index is 12.5. The molecule has 1 N–H and O–H groups in total. The van der Waals surface area contributed by atoms with E-state index >= 15 is 0 Å². The van der Waals surface area contributed by atoms with Gasteiger partial charge in [0.15, 0.2) is 11.6 Å².